The predicted octanol–water partition coefficient (Wildman–Crippen LogP) is 4.47. The van der Waals surface area contributed by atoms with E-state index >= 15 is 0 Å². The van der Waals surface area contributed by atoms with Crippen LogP contribution >= 0.6 is 11.6 Å². The molecule has 106 valence electrons. The highest BCUT2D eigenvalue weighted by Crippen LogP contribution is 2.34. The molecule has 1 unspecified atom stereocenters. The van der Waals surface area contributed by atoms with Crippen molar-refractivity contribution in [3.05, 3.63) is 58.4 Å². The Morgan fingerprint density at radius 1 is 1.30 bits per heavy atom. The first-order valence-corrected chi connectivity index (χ1v) is 6.82. The Hall–Kier alpha value is -1.58. The first-order valence-electron chi connectivity index (χ1n) is 6.44. The fourth-order valence-corrected chi connectivity index (χ4v) is 2.21. The summed E-state index contributed by atoms with van der Waals surface area (Å²) in [6.45, 7) is 3.78. The van der Waals surface area contributed by atoms with Gasteiger partial charge in [-0.1, -0.05) is 29.8 Å². The van der Waals surface area contributed by atoms with E-state index < -0.39 is 5.82 Å². The first-order chi connectivity index (χ1) is 9.47. The maximum atomic E-state index is 13.8. The average molecular weight is 294 g/mol. The second kappa shape index (κ2) is 6.25. The van der Waals surface area contributed by atoms with Gasteiger partial charge in [-0.25, -0.2) is 4.39 Å². The summed E-state index contributed by atoms with van der Waals surface area (Å²) in [6.07, 6.45) is 0.614. The third-order valence-electron chi connectivity index (χ3n) is 2.89. The van der Waals surface area contributed by atoms with Crippen molar-refractivity contribution in [2.45, 2.75) is 26.3 Å². The summed E-state index contributed by atoms with van der Waals surface area (Å²) in [4.78, 5) is 0. The number of ether oxygens (including phenoxy) is 1. The van der Waals surface area contributed by atoms with Crippen LogP contribution in [0.2, 0.25) is 5.02 Å². The summed E-state index contributed by atoms with van der Waals surface area (Å²) >= 11 is 6.17. The number of rotatable bonds is 4. The molecule has 2 N–H and O–H groups in total. The van der Waals surface area contributed by atoms with Crippen molar-refractivity contribution < 1.29 is 9.13 Å². The van der Waals surface area contributed by atoms with E-state index in [4.69, 9.17) is 22.1 Å². The van der Waals surface area contributed by atoms with Gasteiger partial charge in [-0.15, -0.1) is 0 Å². The van der Waals surface area contributed by atoms with Crippen molar-refractivity contribution in [3.8, 4) is 11.5 Å². The van der Waals surface area contributed by atoms with Crippen molar-refractivity contribution >= 4 is 11.6 Å². The molecule has 0 spiro atoms. The molecule has 2 rings (SSSR count). The minimum atomic E-state index is -0.415. The van der Waals surface area contributed by atoms with Crippen molar-refractivity contribution in [2.24, 2.45) is 5.73 Å². The number of halogens is 2. The van der Waals surface area contributed by atoms with Crippen molar-refractivity contribution in [3.63, 3.8) is 0 Å². The van der Waals surface area contributed by atoms with Gasteiger partial charge >= 0.3 is 0 Å². The Morgan fingerprint density at radius 2 is 2.05 bits per heavy atom. The van der Waals surface area contributed by atoms with Crippen LogP contribution in [0, 0.1) is 12.7 Å². The van der Waals surface area contributed by atoms with Crippen molar-refractivity contribution in [2.75, 3.05) is 0 Å². The minimum absolute atomic E-state index is 0.0295. The van der Waals surface area contributed by atoms with Crippen LogP contribution in [0.25, 0.3) is 0 Å². The summed E-state index contributed by atoms with van der Waals surface area (Å²) in [5, 5.41) is 0.448. The number of hydrogen-bond donors (Lipinski definition) is 1. The highest BCUT2D eigenvalue weighted by Gasteiger charge is 2.13. The summed E-state index contributed by atoms with van der Waals surface area (Å²) < 4.78 is 19.5. The molecule has 1 atom stereocenters. The van der Waals surface area contributed by atoms with Crippen LogP contribution < -0.4 is 10.5 Å². The van der Waals surface area contributed by atoms with E-state index in [1.165, 1.54) is 6.07 Å². The topological polar surface area (TPSA) is 35.2 Å². The molecule has 20 heavy (non-hydrogen) atoms. The normalized spacial score (nSPS) is 12.2. The first kappa shape index (κ1) is 14.8. The van der Waals surface area contributed by atoms with Gasteiger partial charge in [0.15, 0.2) is 11.6 Å². The van der Waals surface area contributed by atoms with E-state index in [2.05, 4.69) is 0 Å². The van der Waals surface area contributed by atoms with Crippen LogP contribution in [0.15, 0.2) is 36.4 Å². The van der Waals surface area contributed by atoms with Gasteiger partial charge in [0.1, 0.15) is 5.75 Å². The highest BCUT2D eigenvalue weighted by molar-refractivity contribution is 6.32. The van der Waals surface area contributed by atoms with Crippen LogP contribution in [0.3, 0.4) is 0 Å². The lowest BCUT2D eigenvalue weighted by Crippen LogP contribution is -2.18. The van der Waals surface area contributed by atoms with E-state index in [-0.39, 0.29) is 11.8 Å². The van der Waals surface area contributed by atoms with Gasteiger partial charge in [-0.2, -0.15) is 0 Å². The number of aryl methyl sites for hydroxylation is 1. The largest absolute Gasteiger partial charge is 0.452 e. The number of hydrogen-bond acceptors (Lipinski definition) is 2. The molecular weight excluding hydrogens is 277 g/mol. The second-order valence-corrected chi connectivity index (χ2v) is 5.35. The molecule has 0 heterocycles. The van der Waals surface area contributed by atoms with Crippen LogP contribution in [0.5, 0.6) is 11.5 Å². The number of benzene rings is 2. The lowest BCUT2D eigenvalue weighted by molar-refractivity contribution is 0.436. The summed E-state index contributed by atoms with van der Waals surface area (Å²) in [5.41, 5.74) is 7.61. The highest BCUT2D eigenvalue weighted by atomic mass is 35.5. The maximum Gasteiger partial charge on any atom is 0.165 e. The fraction of sp³-hybridized carbons (Fsp3) is 0.250. The molecule has 0 radical (unpaired) electrons. The van der Waals surface area contributed by atoms with Crippen molar-refractivity contribution in [1.29, 1.82) is 0 Å². The van der Waals surface area contributed by atoms with E-state index in [0.29, 0.717) is 17.2 Å². The number of nitrogens with two attached hydrogens (primary N) is 1. The lowest BCUT2D eigenvalue weighted by atomic mass is 10.1. The van der Waals surface area contributed by atoms with Gasteiger partial charge in [-0.3, -0.25) is 0 Å². The standard InChI is InChI=1S/C16H17ClFNO/c1-10-6-7-14(18)15(8-10)20-16-12(9-11(2)19)4-3-5-13(16)17/h3-8,11H,9,19H2,1-2H3. The molecule has 2 nitrogen and oxygen atoms in total. The zero-order valence-corrected chi connectivity index (χ0v) is 12.2. The Bertz CT molecular complexity index is 613. The Kier molecular flexibility index (Phi) is 4.63. The molecule has 0 aliphatic heterocycles. The molecule has 0 aliphatic carbocycles. The molecule has 0 aromatic heterocycles. The van der Waals surface area contributed by atoms with E-state index in [1.807, 2.05) is 26.0 Å². The third-order valence-corrected chi connectivity index (χ3v) is 3.19. The van der Waals surface area contributed by atoms with E-state index in [1.54, 1.807) is 18.2 Å². The minimum Gasteiger partial charge on any atom is -0.452 e. The monoisotopic (exact) mass is 293 g/mol. The molecule has 0 fully saturated rings. The zero-order valence-electron chi connectivity index (χ0n) is 11.5. The second-order valence-electron chi connectivity index (χ2n) is 4.95. The smallest absolute Gasteiger partial charge is 0.165 e. The van der Waals surface area contributed by atoms with Gasteiger partial charge in [0, 0.05) is 6.04 Å². The maximum absolute atomic E-state index is 13.8. The van der Waals surface area contributed by atoms with E-state index in [9.17, 15) is 4.39 Å². The van der Waals surface area contributed by atoms with Crippen LogP contribution in [-0.2, 0) is 6.42 Å². The Morgan fingerprint density at radius 3 is 2.75 bits per heavy atom. The van der Waals surface area contributed by atoms with Crippen LogP contribution in [0.4, 0.5) is 4.39 Å². The summed E-state index contributed by atoms with van der Waals surface area (Å²) in [5.74, 6) is 0.224. The molecule has 0 saturated heterocycles. The molecule has 2 aromatic carbocycles. The van der Waals surface area contributed by atoms with Crippen LogP contribution in [0.1, 0.15) is 18.1 Å². The third kappa shape index (κ3) is 3.50. The molecule has 0 bridgehead atoms. The SMILES string of the molecule is Cc1ccc(F)c(Oc2c(Cl)cccc2CC(C)N)c1. The van der Waals surface area contributed by atoms with Gasteiger partial charge < -0.3 is 10.5 Å². The summed E-state index contributed by atoms with van der Waals surface area (Å²) in [6, 6.07) is 10.1. The molecule has 0 amide bonds. The number of para-hydroxylation sites is 1. The van der Waals surface area contributed by atoms with Gasteiger partial charge in [0.25, 0.3) is 0 Å². The molecule has 2 aromatic rings. The molecule has 0 aliphatic rings. The Labute approximate surface area is 123 Å². The van der Waals surface area contributed by atoms with Crippen molar-refractivity contribution in [1.82, 2.24) is 0 Å². The van der Waals surface area contributed by atoms with Gasteiger partial charge in [0.2, 0.25) is 0 Å². The van der Waals surface area contributed by atoms with Crippen LogP contribution in [-0.4, -0.2) is 6.04 Å². The quantitative estimate of drug-likeness (QED) is 0.902. The zero-order chi connectivity index (χ0) is 14.7. The average Bonchev–Trinajstić information content (AvgIpc) is 2.37. The lowest BCUT2D eigenvalue weighted by Gasteiger charge is -2.15. The van der Waals surface area contributed by atoms with Gasteiger partial charge in [-0.05, 0) is 49.6 Å². The molecular formula is C16H17ClFNO. The fourth-order valence-electron chi connectivity index (χ4n) is 1.97. The molecule has 4 heteroatoms. The Balaban J connectivity index is 2.39. The summed E-state index contributed by atoms with van der Waals surface area (Å²) in [7, 11) is 0. The van der Waals surface area contributed by atoms with E-state index in [0.717, 1.165) is 11.1 Å². The predicted molar refractivity (Wildman–Crippen MR) is 80.0 cm³/mol. The molecule has 0 saturated carbocycles. The van der Waals surface area contributed by atoms with Gasteiger partial charge in [0.05, 0.1) is 5.02 Å².